The number of nitrogens with zero attached hydrogens (tertiary/aromatic N) is 1. The summed E-state index contributed by atoms with van der Waals surface area (Å²) < 4.78 is 0. The summed E-state index contributed by atoms with van der Waals surface area (Å²) in [6, 6.07) is 9.39. The topological polar surface area (TPSA) is 35.8 Å². The first-order valence-corrected chi connectivity index (χ1v) is 3.40. The largest absolute Gasteiger partial charge is 0.385 e. The smallest absolute Gasteiger partial charge is 0.0992 e. The number of hydrogen-bond donors (Lipinski definition) is 1. The van der Waals surface area contributed by atoms with E-state index in [1.807, 2.05) is 12.1 Å². The van der Waals surface area contributed by atoms with Crippen LogP contribution in [0.1, 0.15) is 5.56 Å². The summed E-state index contributed by atoms with van der Waals surface area (Å²) in [4.78, 5) is 0. The van der Waals surface area contributed by atoms with E-state index in [4.69, 9.17) is 5.26 Å². The molecule has 55 valence electrons. The van der Waals surface area contributed by atoms with E-state index < -0.39 is 0 Å². The van der Waals surface area contributed by atoms with Gasteiger partial charge in [-0.05, 0) is 25.1 Å². The normalized spacial score (nSPS) is 8.73. The van der Waals surface area contributed by atoms with Crippen LogP contribution in [0, 0.1) is 18.3 Å². The number of rotatable bonds is 2. The monoisotopic (exact) mass is 145 g/mol. The molecule has 0 aliphatic heterocycles. The standard InChI is InChI=1S/C9H9N2/c1-2-11-9-5-3-4-8(6-9)7-10/h3-6,11H,1-2H2. The summed E-state index contributed by atoms with van der Waals surface area (Å²) in [5, 5.41) is 11.6. The van der Waals surface area contributed by atoms with Crippen molar-refractivity contribution in [2.75, 3.05) is 11.9 Å². The van der Waals surface area contributed by atoms with Crippen LogP contribution in [-0.4, -0.2) is 6.54 Å². The fourth-order valence-electron chi connectivity index (χ4n) is 0.843. The van der Waals surface area contributed by atoms with E-state index in [9.17, 15) is 0 Å². The van der Waals surface area contributed by atoms with Gasteiger partial charge in [0, 0.05) is 12.2 Å². The minimum Gasteiger partial charge on any atom is -0.385 e. The first-order chi connectivity index (χ1) is 5.36. The van der Waals surface area contributed by atoms with Crippen LogP contribution in [0.2, 0.25) is 0 Å². The van der Waals surface area contributed by atoms with E-state index >= 15 is 0 Å². The summed E-state index contributed by atoms with van der Waals surface area (Å²) in [7, 11) is 0. The Labute approximate surface area is 66.5 Å². The van der Waals surface area contributed by atoms with Crippen molar-refractivity contribution in [1.82, 2.24) is 0 Å². The van der Waals surface area contributed by atoms with E-state index in [-0.39, 0.29) is 0 Å². The molecule has 1 rings (SSSR count). The molecule has 0 spiro atoms. The molecule has 0 aromatic heterocycles. The van der Waals surface area contributed by atoms with Gasteiger partial charge in [-0.2, -0.15) is 5.26 Å². The molecule has 0 aliphatic rings. The van der Waals surface area contributed by atoms with Crippen LogP contribution in [-0.2, 0) is 0 Å². The van der Waals surface area contributed by atoms with Crippen molar-refractivity contribution in [3.63, 3.8) is 0 Å². The predicted octanol–water partition coefficient (Wildman–Crippen LogP) is 1.80. The molecule has 11 heavy (non-hydrogen) atoms. The number of benzene rings is 1. The minimum atomic E-state index is 0.634. The third kappa shape index (κ3) is 1.98. The van der Waals surface area contributed by atoms with E-state index in [1.165, 1.54) is 0 Å². The van der Waals surface area contributed by atoms with E-state index in [0.717, 1.165) is 5.69 Å². The van der Waals surface area contributed by atoms with Crippen LogP contribution in [0.4, 0.5) is 5.69 Å². The van der Waals surface area contributed by atoms with Crippen molar-refractivity contribution in [3.8, 4) is 6.07 Å². The van der Waals surface area contributed by atoms with Gasteiger partial charge in [0.05, 0.1) is 11.6 Å². The average Bonchev–Trinajstić information content (AvgIpc) is 2.06. The zero-order chi connectivity index (χ0) is 8.10. The van der Waals surface area contributed by atoms with Crippen LogP contribution < -0.4 is 5.32 Å². The second kappa shape index (κ2) is 3.62. The molecule has 1 radical (unpaired) electrons. The molecule has 0 unspecified atom stereocenters. The number of hydrogen-bond acceptors (Lipinski definition) is 2. The lowest BCUT2D eigenvalue weighted by atomic mass is 10.2. The summed E-state index contributed by atoms with van der Waals surface area (Å²) in [5.41, 5.74) is 1.61. The Morgan fingerprint density at radius 2 is 2.36 bits per heavy atom. The van der Waals surface area contributed by atoms with Gasteiger partial charge in [0.25, 0.3) is 0 Å². The van der Waals surface area contributed by atoms with E-state index in [2.05, 4.69) is 18.3 Å². The molecule has 1 aromatic rings. The highest BCUT2D eigenvalue weighted by atomic mass is 14.8. The van der Waals surface area contributed by atoms with Gasteiger partial charge in [-0.25, -0.2) is 0 Å². The van der Waals surface area contributed by atoms with Crippen molar-refractivity contribution in [3.05, 3.63) is 36.8 Å². The molecule has 0 bridgehead atoms. The molecular weight excluding hydrogens is 136 g/mol. The van der Waals surface area contributed by atoms with Gasteiger partial charge in [0.15, 0.2) is 0 Å². The molecule has 0 atom stereocenters. The predicted molar refractivity (Wildman–Crippen MR) is 45.0 cm³/mol. The summed E-state index contributed by atoms with van der Waals surface area (Å²) in [6.45, 7) is 4.28. The molecule has 0 aliphatic carbocycles. The second-order valence-electron chi connectivity index (χ2n) is 2.12. The SMILES string of the molecule is [CH2]CNc1cccc(C#N)c1. The van der Waals surface area contributed by atoms with Crippen molar-refractivity contribution in [2.45, 2.75) is 0 Å². The van der Waals surface area contributed by atoms with Crippen LogP contribution in [0.15, 0.2) is 24.3 Å². The molecule has 2 nitrogen and oxygen atoms in total. The van der Waals surface area contributed by atoms with Gasteiger partial charge < -0.3 is 5.32 Å². The van der Waals surface area contributed by atoms with Crippen molar-refractivity contribution in [1.29, 1.82) is 5.26 Å². The van der Waals surface area contributed by atoms with Gasteiger partial charge >= 0.3 is 0 Å². The van der Waals surface area contributed by atoms with E-state index in [1.54, 1.807) is 12.1 Å². The van der Waals surface area contributed by atoms with Crippen LogP contribution in [0.3, 0.4) is 0 Å². The molecule has 0 amide bonds. The van der Waals surface area contributed by atoms with Crippen LogP contribution in [0.5, 0.6) is 0 Å². The molecule has 0 fully saturated rings. The molecule has 0 saturated carbocycles. The molecule has 2 heteroatoms. The van der Waals surface area contributed by atoms with Crippen molar-refractivity contribution in [2.24, 2.45) is 0 Å². The van der Waals surface area contributed by atoms with E-state index in [0.29, 0.717) is 12.1 Å². The number of nitriles is 1. The highest BCUT2D eigenvalue weighted by molar-refractivity contribution is 5.49. The summed E-state index contributed by atoms with van der Waals surface area (Å²) in [6.07, 6.45) is 0. The highest BCUT2D eigenvalue weighted by Crippen LogP contribution is 2.08. The molecule has 1 aromatic carbocycles. The zero-order valence-electron chi connectivity index (χ0n) is 6.17. The van der Waals surface area contributed by atoms with Gasteiger partial charge in [-0.15, -0.1) is 0 Å². The maximum absolute atomic E-state index is 8.54. The molecular formula is C9H9N2. The van der Waals surface area contributed by atoms with Crippen LogP contribution >= 0.6 is 0 Å². The van der Waals surface area contributed by atoms with Crippen molar-refractivity contribution < 1.29 is 0 Å². The summed E-state index contributed by atoms with van der Waals surface area (Å²) >= 11 is 0. The molecule has 0 saturated heterocycles. The van der Waals surface area contributed by atoms with Gasteiger partial charge in [-0.3, -0.25) is 0 Å². The highest BCUT2D eigenvalue weighted by Gasteiger charge is 1.90. The fraction of sp³-hybridized carbons (Fsp3) is 0.111. The Morgan fingerprint density at radius 3 is 3.00 bits per heavy atom. The summed E-state index contributed by atoms with van der Waals surface area (Å²) in [5.74, 6) is 0. The quantitative estimate of drug-likeness (QED) is 0.688. The Bertz CT molecular complexity index is 273. The minimum absolute atomic E-state index is 0.634. The van der Waals surface area contributed by atoms with Gasteiger partial charge in [0.1, 0.15) is 0 Å². The third-order valence-corrected chi connectivity index (χ3v) is 1.32. The first kappa shape index (κ1) is 7.62. The molecule has 0 heterocycles. The van der Waals surface area contributed by atoms with Crippen LogP contribution in [0.25, 0.3) is 0 Å². The first-order valence-electron chi connectivity index (χ1n) is 3.40. The Balaban J connectivity index is 2.85. The number of anilines is 1. The van der Waals surface area contributed by atoms with Crippen molar-refractivity contribution >= 4 is 5.69 Å². The second-order valence-corrected chi connectivity index (χ2v) is 2.12. The van der Waals surface area contributed by atoms with Gasteiger partial charge in [-0.1, -0.05) is 6.07 Å². The Kier molecular flexibility index (Phi) is 2.51. The lowest BCUT2D eigenvalue weighted by molar-refractivity contribution is 1.33. The average molecular weight is 145 g/mol. The maximum Gasteiger partial charge on any atom is 0.0992 e. The molecule has 1 N–H and O–H groups in total. The maximum atomic E-state index is 8.54. The lowest BCUT2D eigenvalue weighted by Crippen LogP contribution is -1.96. The fourth-order valence-corrected chi connectivity index (χ4v) is 0.843. The third-order valence-electron chi connectivity index (χ3n) is 1.32. The lowest BCUT2D eigenvalue weighted by Gasteiger charge is -2.01. The zero-order valence-corrected chi connectivity index (χ0v) is 6.17. The van der Waals surface area contributed by atoms with Gasteiger partial charge in [0.2, 0.25) is 0 Å². The number of nitrogens with one attached hydrogen (secondary N) is 1. The Morgan fingerprint density at radius 1 is 1.55 bits per heavy atom. The Hall–Kier alpha value is -1.49.